The predicted molar refractivity (Wildman–Crippen MR) is 116 cm³/mol. The van der Waals surface area contributed by atoms with Gasteiger partial charge >= 0.3 is 0 Å². The molecule has 0 saturated carbocycles. The van der Waals surface area contributed by atoms with Gasteiger partial charge in [-0.2, -0.15) is 15.5 Å². The normalized spacial score (nSPS) is 18.1. The highest BCUT2D eigenvalue weighted by Crippen LogP contribution is 2.36. The van der Waals surface area contributed by atoms with Gasteiger partial charge in [0.1, 0.15) is 11.3 Å². The van der Waals surface area contributed by atoms with Crippen molar-refractivity contribution in [2.24, 2.45) is 5.92 Å². The van der Waals surface area contributed by atoms with Crippen molar-refractivity contribution in [3.05, 3.63) is 34.7 Å². The molecule has 0 spiro atoms. The van der Waals surface area contributed by atoms with E-state index in [0.717, 1.165) is 54.1 Å². The molecule has 3 aromatic rings. The molecule has 0 amide bonds. The number of ether oxygens (including phenoxy) is 2. The van der Waals surface area contributed by atoms with E-state index < -0.39 is 0 Å². The van der Waals surface area contributed by atoms with Gasteiger partial charge in [-0.25, -0.2) is 4.52 Å². The van der Waals surface area contributed by atoms with Gasteiger partial charge in [0.15, 0.2) is 6.19 Å². The summed E-state index contributed by atoms with van der Waals surface area (Å²) in [5, 5.41) is 19.1. The number of fused-ring (bicyclic) bond motifs is 2. The molecule has 3 aromatic heterocycles. The Bertz CT molecular complexity index is 1160. The van der Waals surface area contributed by atoms with Gasteiger partial charge in [-0.3, -0.25) is 4.68 Å². The smallest absolute Gasteiger partial charge is 0.179 e. The first kappa shape index (κ1) is 20.2. The summed E-state index contributed by atoms with van der Waals surface area (Å²) in [6, 6.07) is 2.02. The molecule has 162 valence electrons. The van der Waals surface area contributed by atoms with Crippen molar-refractivity contribution in [3.8, 4) is 23.2 Å². The summed E-state index contributed by atoms with van der Waals surface area (Å²) in [7, 11) is 0. The van der Waals surface area contributed by atoms with E-state index in [2.05, 4.69) is 25.1 Å². The standard InChI is InChI=1S/C22H25ClN6O2/c1-14-19-12-27(13-24)5-6-28(19)26-21(14)17-9-20(22-18(23)10-25-29(22)11-17)31-15(2)16-3-7-30-8-4-16/h9-11,15-16H,3-8,12H2,1-2H3/t15-/m1/s1. The topological polar surface area (TPSA) is 80.6 Å². The number of nitrogens with zero attached hydrogens (tertiary/aromatic N) is 6. The lowest BCUT2D eigenvalue weighted by Gasteiger charge is -2.28. The number of rotatable bonds is 4. The predicted octanol–water partition coefficient (Wildman–Crippen LogP) is 3.65. The number of halogens is 1. The molecule has 8 nitrogen and oxygen atoms in total. The molecule has 0 aliphatic carbocycles. The molecule has 1 saturated heterocycles. The summed E-state index contributed by atoms with van der Waals surface area (Å²) in [4.78, 5) is 1.76. The number of nitriles is 1. The Morgan fingerprint density at radius 2 is 2.13 bits per heavy atom. The van der Waals surface area contributed by atoms with Crippen LogP contribution in [0, 0.1) is 24.3 Å². The van der Waals surface area contributed by atoms with Crippen LogP contribution < -0.4 is 4.74 Å². The quantitative estimate of drug-likeness (QED) is 0.576. The van der Waals surface area contributed by atoms with E-state index in [9.17, 15) is 5.26 Å². The zero-order chi connectivity index (χ0) is 21.5. The second kappa shape index (κ2) is 8.06. The fourth-order valence-electron chi connectivity index (χ4n) is 4.56. The van der Waals surface area contributed by atoms with Crippen LogP contribution >= 0.6 is 11.6 Å². The SMILES string of the molecule is Cc1c(-c2cc(O[C@H](C)C3CCOCC3)c3c(Cl)cnn3c2)nn2c1CN(C#N)CC2. The van der Waals surface area contributed by atoms with Crippen LogP contribution in [0.5, 0.6) is 5.75 Å². The molecule has 31 heavy (non-hydrogen) atoms. The summed E-state index contributed by atoms with van der Waals surface area (Å²) in [6.07, 6.45) is 7.85. The molecule has 1 atom stereocenters. The Morgan fingerprint density at radius 3 is 2.90 bits per heavy atom. The first-order valence-electron chi connectivity index (χ1n) is 10.7. The van der Waals surface area contributed by atoms with Crippen LogP contribution in [-0.4, -0.2) is 50.2 Å². The molecule has 1 fully saturated rings. The third kappa shape index (κ3) is 3.62. The summed E-state index contributed by atoms with van der Waals surface area (Å²) in [6.45, 7) is 7.68. The lowest BCUT2D eigenvalue weighted by molar-refractivity contribution is 0.0242. The van der Waals surface area contributed by atoms with Crippen molar-refractivity contribution in [1.29, 1.82) is 5.26 Å². The summed E-state index contributed by atoms with van der Waals surface area (Å²) in [5.74, 6) is 1.15. The molecular weight excluding hydrogens is 416 g/mol. The van der Waals surface area contributed by atoms with Gasteiger partial charge in [0.2, 0.25) is 0 Å². The number of hydrogen-bond donors (Lipinski definition) is 0. The zero-order valence-electron chi connectivity index (χ0n) is 17.7. The van der Waals surface area contributed by atoms with E-state index >= 15 is 0 Å². The van der Waals surface area contributed by atoms with E-state index in [-0.39, 0.29) is 6.10 Å². The minimum atomic E-state index is 0.0365. The minimum Gasteiger partial charge on any atom is -0.488 e. The Labute approximate surface area is 185 Å². The number of hydrogen-bond acceptors (Lipinski definition) is 6. The third-order valence-electron chi connectivity index (χ3n) is 6.43. The van der Waals surface area contributed by atoms with E-state index in [1.807, 2.05) is 16.9 Å². The van der Waals surface area contributed by atoms with Gasteiger partial charge in [0.05, 0.1) is 41.8 Å². The van der Waals surface area contributed by atoms with Crippen molar-refractivity contribution in [2.45, 2.75) is 45.9 Å². The monoisotopic (exact) mass is 440 g/mol. The second-order valence-electron chi connectivity index (χ2n) is 8.32. The summed E-state index contributed by atoms with van der Waals surface area (Å²) < 4.78 is 15.7. The van der Waals surface area contributed by atoms with Crippen LogP contribution in [-0.2, 0) is 17.8 Å². The molecule has 0 bridgehead atoms. The van der Waals surface area contributed by atoms with Crippen LogP contribution in [0.15, 0.2) is 18.5 Å². The molecule has 0 aromatic carbocycles. The molecule has 2 aliphatic rings. The first-order valence-corrected chi connectivity index (χ1v) is 11.1. The molecule has 2 aliphatic heterocycles. The van der Waals surface area contributed by atoms with Crippen LogP contribution in [0.3, 0.4) is 0 Å². The maximum Gasteiger partial charge on any atom is 0.179 e. The zero-order valence-corrected chi connectivity index (χ0v) is 18.5. The average Bonchev–Trinajstić information content (AvgIpc) is 3.34. The van der Waals surface area contributed by atoms with Crippen molar-refractivity contribution in [1.82, 2.24) is 24.3 Å². The fraction of sp³-hybridized carbons (Fsp3) is 0.500. The average molecular weight is 441 g/mol. The van der Waals surface area contributed by atoms with Crippen LogP contribution in [0.4, 0.5) is 0 Å². The Morgan fingerprint density at radius 1 is 1.32 bits per heavy atom. The largest absolute Gasteiger partial charge is 0.488 e. The van der Waals surface area contributed by atoms with E-state index in [1.165, 1.54) is 0 Å². The Hall–Kier alpha value is -2.76. The third-order valence-corrected chi connectivity index (χ3v) is 6.71. The lowest BCUT2D eigenvalue weighted by atomic mass is 9.95. The van der Waals surface area contributed by atoms with Gasteiger partial charge < -0.3 is 14.4 Å². The highest BCUT2D eigenvalue weighted by Gasteiger charge is 2.26. The fourth-order valence-corrected chi connectivity index (χ4v) is 4.78. The number of aromatic nitrogens is 4. The lowest BCUT2D eigenvalue weighted by Crippen LogP contribution is -2.30. The molecule has 5 rings (SSSR count). The molecule has 0 N–H and O–H groups in total. The second-order valence-corrected chi connectivity index (χ2v) is 8.72. The van der Waals surface area contributed by atoms with Gasteiger partial charge in [-0.1, -0.05) is 11.6 Å². The molecule has 5 heterocycles. The van der Waals surface area contributed by atoms with Crippen LogP contribution in [0.2, 0.25) is 5.02 Å². The maximum atomic E-state index is 9.28. The van der Waals surface area contributed by atoms with Gasteiger partial charge in [0.25, 0.3) is 0 Å². The van der Waals surface area contributed by atoms with Crippen LogP contribution in [0.1, 0.15) is 31.0 Å². The van der Waals surface area contributed by atoms with Gasteiger partial charge in [0, 0.05) is 37.1 Å². The Balaban J connectivity index is 1.54. The van der Waals surface area contributed by atoms with Crippen molar-refractivity contribution < 1.29 is 9.47 Å². The summed E-state index contributed by atoms with van der Waals surface area (Å²) in [5.41, 5.74) is 4.71. The van der Waals surface area contributed by atoms with E-state index in [0.29, 0.717) is 36.3 Å². The first-order chi connectivity index (χ1) is 15.0. The van der Waals surface area contributed by atoms with E-state index in [1.54, 1.807) is 15.6 Å². The van der Waals surface area contributed by atoms with Gasteiger partial charge in [-0.15, -0.1) is 0 Å². The molecule has 0 unspecified atom stereocenters. The highest BCUT2D eigenvalue weighted by atomic mass is 35.5. The maximum absolute atomic E-state index is 9.28. The van der Waals surface area contributed by atoms with E-state index in [4.69, 9.17) is 26.2 Å². The van der Waals surface area contributed by atoms with Crippen LogP contribution in [0.25, 0.3) is 16.8 Å². The summed E-state index contributed by atoms with van der Waals surface area (Å²) >= 11 is 6.45. The molecular formula is C22H25ClN6O2. The molecule has 9 heteroatoms. The molecule has 0 radical (unpaired) electrons. The number of pyridine rings is 1. The van der Waals surface area contributed by atoms with Crippen molar-refractivity contribution in [3.63, 3.8) is 0 Å². The minimum absolute atomic E-state index is 0.0365. The van der Waals surface area contributed by atoms with Crippen molar-refractivity contribution >= 4 is 17.1 Å². The van der Waals surface area contributed by atoms with Crippen molar-refractivity contribution in [2.75, 3.05) is 19.8 Å². The highest BCUT2D eigenvalue weighted by molar-refractivity contribution is 6.34. The Kier molecular flexibility index (Phi) is 5.24. The van der Waals surface area contributed by atoms with Gasteiger partial charge in [-0.05, 0) is 38.7 Å².